The Bertz CT molecular complexity index is 302. The Balaban J connectivity index is 1.74. The number of rotatable bonds is 6. The van der Waals surface area contributed by atoms with Gasteiger partial charge in [-0.3, -0.25) is 4.99 Å². The first-order valence-corrected chi connectivity index (χ1v) is 9.09. The maximum atomic E-state index is 4.85. The SMILES string of the molecule is CCCN1CCC(CN=C(NCC)NC2CCCC2)CC1. The summed E-state index contributed by atoms with van der Waals surface area (Å²) in [5.41, 5.74) is 0. The molecule has 1 saturated carbocycles. The first-order valence-electron chi connectivity index (χ1n) is 9.09. The normalized spacial score (nSPS) is 22.7. The monoisotopic (exact) mass is 294 g/mol. The predicted molar refractivity (Wildman–Crippen MR) is 90.8 cm³/mol. The highest BCUT2D eigenvalue weighted by molar-refractivity contribution is 5.80. The third-order valence-corrected chi connectivity index (χ3v) is 4.79. The zero-order valence-corrected chi connectivity index (χ0v) is 14.0. The lowest BCUT2D eigenvalue weighted by molar-refractivity contribution is 0.188. The zero-order chi connectivity index (χ0) is 14.9. The van der Waals surface area contributed by atoms with Crippen LogP contribution in [0.2, 0.25) is 0 Å². The minimum absolute atomic E-state index is 0.647. The van der Waals surface area contributed by atoms with E-state index in [0.29, 0.717) is 6.04 Å². The van der Waals surface area contributed by atoms with Crippen molar-refractivity contribution in [2.45, 2.75) is 64.8 Å². The third-order valence-electron chi connectivity index (χ3n) is 4.79. The van der Waals surface area contributed by atoms with Crippen molar-refractivity contribution in [2.75, 3.05) is 32.7 Å². The lowest BCUT2D eigenvalue weighted by Crippen LogP contribution is -2.43. The molecule has 0 atom stereocenters. The molecule has 0 amide bonds. The molecule has 0 radical (unpaired) electrons. The number of likely N-dealkylation sites (tertiary alicyclic amines) is 1. The van der Waals surface area contributed by atoms with Crippen LogP contribution in [0.3, 0.4) is 0 Å². The summed E-state index contributed by atoms with van der Waals surface area (Å²) in [7, 11) is 0. The number of nitrogens with one attached hydrogen (secondary N) is 2. The van der Waals surface area contributed by atoms with Crippen LogP contribution >= 0.6 is 0 Å². The van der Waals surface area contributed by atoms with Crippen molar-refractivity contribution >= 4 is 5.96 Å². The standard InChI is InChI=1S/C17H34N4/c1-3-11-21-12-9-15(10-13-21)14-19-17(18-4-2)20-16-7-5-6-8-16/h15-16H,3-14H2,1-2H3,(H2,18,19,20). The molecule has 0 bridgehead atoms. The van der Waals surface area contributed by atoms with E-state index in [0.717, 1.165) is 25.0 Å². The van der Waals surface area contributed by atoms with Gasteiger partial charge >= 0.3 is 0 Å². The van der Waals surface area contributed by atoms with Crippen LogP contribution < -0.4 is 10.6 Å². The van der Waals surface area contributed by atoms with Crippen LogP contribution in [-0.4, -0.2) is 49.6 Å². The highest BCUT2D eigenvalue weighted by Crippen LogP contribution is 2.19. The summed E-state index contributed by atoms with van der Waals surface area (Å²) in [5.74, 6) is 1.82. The average Bonchev–Trinajstić information content (AvgIpc) is 3.00. The molecule has 1 heterocycles. The Hall–Kier alpha value is -0.770. The van der Waals surface area contributed by atoms with Crippen molar-refractivity contribution < 1.29 is 0 Å². The lowest BCUT2D eigenvalue weighted by Gasteiger charge is -2.31. The molecule has 0 unspecified atom stereocenters. The first kappa shape index (κ1) is 16.6. The molecule has 4 heteroatoms. The second kappa shape index (κ2) is 9.29. The van der Waals surface area contributed by atoms with E-state index < -0.39 is 0 Å². The molecule has 1 aliphatic heterocycles. The Kier molecular flexibility index (Phi) is 7.34. The minimum Gasteiger partial charge on any atom is -0.357 e. The van der Waals surface area contributed by atoms with Crippen molar-refractivity contribution in [3.05, 3.63) is 0 Å². The molecule has 2 aliphatic rings. The van der Waals surface area contributed by atoms with E-state index in [4.69, 9.17) is 4.99 Å². The maximum Gasteiger partial charge on any atom is 0.191 e. The molecule has 0 aromatic rings. The molecule has 0 aromatic heterocycles. The van der Waals surface area contributed by atoms with Crippen molar-refractivity contribution in [3.8, 4) is 0 Å². The highest BCUT2D eigenvalue weighted by atomic mass is 15.2. The van der Waals surface area contributed by atoms with E-state index >= 15 is 0 Å². The fraction of sp³-hybridized carbons (Fsp3) is 0.941. The topological polar surface area (TPSA) is 39.7 Å². The molecule has 21 heavy (non-hydrogen) atoms. The number of guanidine groups is 1. The van der Waals surface area contributed by atoms with Gasteiger partial charge in [0.05, 0.1) is 0 Å². The molecule has 4 nitrogen and oxygen atoms in total. The smallest absolute Gasteiger partial charge is 0.191 e. The summed E-state index contributed by atoms with van der Waals surface area (Å²) < 4.78 is 0. The van der Waals surface area contributed by atoms with Gasteiger partial charge in [0.2, 0.25) is 0 Å². The summed E-state index contributed by atoms with van der Waals surface area (Å²) in [5, 5.41) is 7.02. The minimum atomic E-state index is 0.647. The molecule has 1 aliphatic carbocycles. The van der Waals surface area contributed by atoms with Gasteiger partial charge in [-0.05, 0) is 64.6 Å². The molecule has 1 saturated heterocycles. The quantitative estimate of drug-likeness (QED) is 0.584. The molecule has 2 rings (SSSR count). The Morgan fingerprint density at radius 3 is 2.43 bits per heavy atom. The van der Waals surface area contributed by atoms with Crippen molar-refractivity contribution in [3.63, 3.8) is 0 Å². The Morgan fingerprint density at radius 1 is 1.10 bits per heavy atom. The van der Waals surface area contributed by atoms with Crippen molar-refractivity contribution in [1.29, 1.82) is 0 Å². The molecular formula is C17H34N4. The Labute approximate surface area is 130 Å². The van der Waals surface area contributed by atoms with Gasteiger partial charge in [0.15, 0.2) is 5.96 Å². The summed E-state index contributed by atoms with van der Waals surface area (Å²) >= 11 is 0. The van der Waals surface area contributed by atoms with Gasteiger partial charge in [0.25, 0.3) is 0 Å². The van der Waals surface area contributed by atoms with Crippen molar-refractivity contribution in [1.82, 2.24) is 15.5 Å². The van der Waals surface area contributed by atoms with E-state index in [1.54, 1.807) is 0 Å². The highest BCUT2D eigenvalue weighted by Gasteiger charge is 2.19. The van der Waals surface area contributed by atoms with Gasteiger partial charge in [-0.15, -0.1) is 0 Å². The number of hydrogen-bond acceptors (Lipinski definition) is 2. The van der Waals surface area contributed by atoms with E-state index in [-0.39, 0.29) is 0 Å². The van der Waals surface area contributed by atoms with Gasteiger partial charge in [-0.25, -0.2) is 0 Å². The number of hydrogen-bond donors (Lipinski definition) is 2. The van der Waals surface area contributed by atoms with Gasteiger partial charge < -0.3 is 15.5 Å². The summed E-state index contributed by atoms with van der Waals surface area (Å²) in [4.78, 5) is 7.45. The van der Waals surface area contributed by atoms with Crippen LogP contribution in [0.4, 0.5) is 0 Å². The van der Waals surface area contributed by atoms with Gasteiger partial charge in [0, 0.05) is 19.1 Å². The van der Waals surface area contributed by atoms with Crippen LogP contribution in [0.1, 0.15) is 58.8 Å². The second-order valence-electron chi connectivity index (χ2n) is 6.63. The first-order chi connectivity index (χ1) is 10.3. The fourth-order valence-electron chi connectivity index (χ4n) is 3.51. The van der Waals surface area contributed by atoms with Gasteiger partial charge in [0.1, 0.15) is 0 Å². The molecular weight excluding hydrogens is 260 g/mol. The largest absolute Gasteiger partial charge is 0.357 e. The number of piperidine rings is 1. The molecule has 122 valence electrons. The molecule has 0 aromatic carbocycles. The van der Waals surface area contributed by atoms with Crippen molar-refractivity contribution in [2.24, 2.45) is 10.9 Å². The predicted octanol–water partition coefficient (Wildman–Crippen LogP) is 2.61. The second-order valence-corrected chi connectivity index (χ2v) is 6.63. The summed E-state index contributed by atoms with van der Waals surface area (Å²) in [6.45, 7) is 10.2. The van der Waals surface area contributed by atoms with Crippen LogP contribution in [0.15, 0.2) is 4.99 Å². The fourth-order valence-corrected chi connectivity index (χ4v) is 3.51. The average molecular weight is 294 g/mol. The Morgan fingerprint density at radius 2 is 1.81 bits per heavy atom. The number of nitrogens with zero attached hydrogens (tertiary/aromatic N) is 2. The van der Waals surface area contributed by atoms with E-state index in [9.17, 15) is 0 Å². The third kappa shape index (κ3) is 5.85. The molecule has 0 spiro atoms. The lowest BCUT2D eigenvalue weighted by atomic mass is 9.97. The maximum absolute atomic E-state index is 4.85. The van der Waals surface area contributed by atoms with E-state index in [1.165, 1.54) is 64.6 Å². The summed E-state index contributed by atoms with van der Waals surface area (Å²) in [6, 6.07) is 0.647. The van der Waals surface area contributed by atoms with Crippen LogP contribution in [0.25, 0.3) is 0 Å². The van der Waals surface area contributed by atoms with Gasteiger partial charge in [-0.2, -0.15) is 0 Å². The van der Waals surface area contributed by atoms with Crippen LogP contribution in [0.5, 0.6) is 0 Å². The molecule has 2 N–H and O–H groups in total. The molecule has 2 fully saturated rings. The summed E-state index contributed by atoms with van der Waals surface area (Å²) in [6.07, 6.45) is 9.25. The van der Waals surface area contributed by atoms with Crippen LogP contribution in [-0.2, 0) is 0 Å². The zero-order valence-electron chi connectivity index (χ0n) is 14.0. The van der Waals surface area contributed by atoms with E-state index in [2.05, 4.69) is 29.4 Å². The van der Waals surface area contributed by atoms with Crippen LogP contribution in [0, 0.1) is 5.92 Å². The number of aliphatic imine (C=N–C) groups is 1. The van der Waals surface area contributed by atoms with E-state index in [1.807, 2.05) is 0 Å². The van der Waals surface area contributed by atoms with Gasteiger partial charge in [-0.1, -0.05) is 19.8 Å².